The molecule has 2 aliphatic heterocycles. The van der Waals surface area contributed by atoms with Crippen LogP contribution in [0.2, 0.25) is 0 Å². The van der Waals surface area contributed by atoms with Crippen molar-refractivity contribution in [3.63, 3.8) is 0 Å². The largest absolute Gasteiger partial charge is 0.385 e. The highest BCUT2D eigenvalue weighted by Crippen LogP contribution is 2.29. The first-order valence-corrected chi connectivity index (χ1v) is 13.7. The number of likely N-dealkylation sites (tertiary alicyclic amines) is 1. The summed E-state index contributed by atoms with van der Waals surface area (Å²) in [6.07, 6.45) is 6.97. The Balaban J connectivity index is 1.46. The molecule has 1 unspecified atom stereocenters. The first kappa shape index (κ1) is 23.9. The summed E-state index contributed by atoms with van der Waals surface area (Å²) in [6, 6.07) is 5.29. The molecule has 1 amide bonds. The number of aromatic nitrogens is 2. The Labute approximate surface area is 196 Å². The average molecular weight is 475 g/mol. The summed E-state index contributed by atoms with van der Waals surface area (Å²) in [4.78, 5) is 27.1. The third-order valence-corrected chi connectivity index (χ3v) is 8.08. The van der Waals surface area contributed by atoms with Crippen molar-refractivity contribution in [1.29, 1.82) is 0 Å². The number of hydrogen-bond acceptors (Lipinski definition) is 7. The van der Waals surface area contributed by atoms with E-state index in [0.717, 1.165) is 49.7 Å². The van der Waals surface area contributed by atoms with Gasteiger partial charge >= 0.3 is 0 Å². The summed E-state index contributed by atoms with van der Waals surface area (Å²) in [5.41, 5.74) is 1.45. The van der Waals surface area contributed by atoms with Gasteiger partial charge in [0.2, 0.25) is 11.9 Å². The van der Waals surface area contributed by atoms with Crippen LogP contribution in [-0.4, -0.2) is 74.8 Å². The molecule has 0 bridgehead atoms. The highest BCUT2D eigenvalue weighted by molar-refractivity contribution is 7.90. The Morgan fingerprint density at radius 3 is 2.58 bits per heavy atom. The van der Waals surface area contributed by atoms with Crippen molar-refractivity contribution in [2.75, 3.05) is 44.5 Å². The van der Waals surface area contributed by atoms with Crippen LogP contribution >= 0.6 is 0 Å². The number of carbonyl (C=O) groups is 1. The summed E-state index contributed by atoms with van der Waals surface area (Å²) in [7, 11) is -1.60. The monoisotopic (exact) mass is 474 g/mol. The molecule has 0 N–H and O–H groups in total. The molecule has 0 saturated carbocycles. The number of anilines is 1. The van der Waals surface area contributed by atoms with E-state index in [1.54, 1.807) is 25.3 Å². The third-order valence-electron chi connectivity index (χ3n) is 6.97. The molecule has 1 aromatic heterocycles. The molecular weight excluding hydrogens is 440 g/mol. The SMILES string of the molecule is COCCC1CCCCN1C(=O)C1CCN(c2nc(C)c3ccc(S(C)(=O)=O)cc3n2)CC1. The number of hydrogen-bond donors (Lipinski definition) is 0. The number of benzene rings is 1. The van der Waals surface area contributed by atoms with E-state index < -0.39 is 9.84 Å². The van der Waals surface area contributed by atoms with Gasteiger partial charge in [-0.25, -0.2) is 18.4 Å². The van der Waals surface area contributed by atoms with Crippen LogP contribution < -0.4 is 4.90 Å². The molecule has 180 valence electrons. The minimum absolute atomic E-state index is 0.0304. The molecule has 8 nitrogen and oxygen atoms in total. The number of carbonyl (C=O) groups excluding carboxylic acids is 1. The standard InChI is InChI=1S/C24H34N4O4S/c1-17-21-8-7-20(33(3,30)31)16-22(21)26-24(25-17)27-13-9-18(10-14-27)23(29)28-12-5-4-6-19(28)11-15-32-2/h7-8,16,18-19H,4-6,9-15H2,1-3H3. The Morgan fingerprint density at radius 2 is 1.88 bits per heavy atom. The van der Waals surface area contributed by atoms with Gasteiger partial charge in [0.1, 0.15) is 0 Å². The lowest BCUT2D eigenvalue weighted by Crippen LogP contribution is -2.49. The zero-order valence-electron chi connectivity index (χ0n) is 19.8. The van der Waals surface area contributed by atoms with Crippen LogP contribution in [0.3, 0.4) is 0 Å². The minimum atomic E-state index is -3.31. The number of ether oxygens (including phenoxy) is 1. The normalized spacial score (nSPS) is 20.4. The number of fused-ring (bicyclic) bond motifs is 1. The van der Waals surface area contributed by atoms with E-state index in [4.69, 9.17) is 4.74 Å². The van der Waals surface area contributed by atoms with Crippen LogP contribution in [0.4, 0.5) is 5.95 Å². The van der Waals surface area contributed by atoms with Gasteiger partial charge in [-0.1, -0.05) is 0 Å². The fraction of sp³-hybridized carbons (Fsp3) is 0.625. The van der Waals surface area contributed by atoms with Gasteiger partial charge in [0.05, 0.1) is 16.1 Å². The summed E-state index contributed by atoms with van der Waals surface area (Å²) >= 11 is 0. The van der Waals surface area contributed by atoms with Crippen molar-refractivity contribution < 1.29 is 17.9 Å². The van der Waals surface area contributed by atoms with Gasteiger partial charge in [0.15, 0.2) is 9.84 Å². The Kier molecular flexibility index (Phi) is 7.19. The summed E-state index contributed by atoms with van der Waals surface area (Å²) in [5.74, 6) is 0.916. The van der Waals surface area contributed by atoms with Crippen LogP contribution in [0.15, 0.2) is 23.1 Å². The first-order chi connectivity index (χ1) is 15.8. The summed E-state index contributed by atoms with van der Waals surface area (Å²) < 4.78 is 29.2. The lowest BCUT2D eigenvalue weighted by molar-refractivity contribution is -0.140. The molecule has 33 heavy (non-hydrogen) atoms. The van der Waals surface area contributed by atoms with E-state index in [1.807, 2.05) is 6.92 Å². The number of amides is 1. The van der Waals surface area contributed by atoms with Crippen molar-refractivity contribution >= 4 is 32.6 Å². The Bertz CT molecular complexity index is 1110. The first-order valence-electron chi connectivity index (χ1n) is 11.8. The van der Waals surface area contributed by atoms with E-state index in [-0.39, 0.29) is 16.7 Å². The molecule has 2 fully saturated rings. The van der Waals surface area contributed by atoms with Crippen molar-refractivity contribution in [2.24, 2.45) is 5.92 Å². The van der Waals surface area contributed by atoms with Crippen molar-refractivity contribution in [1.82, 2.24) is 14.9 Å². The van der Waals surface area contributed by atoms with Crippen LogP contribution in [0, 0.1) is 12.8 Å². The molecule has 0 aliphatic carbocycles. The molecular formula is C24H34N4O4S. The smallest absolute Gasteiger partial charge is 0.226 e. The van der Waals surface area contributed by atoms with Crippen molar-refractivity contribution in [3.05, 3.63) is 23.9 Å². The minimum Gasteiger partial charge on any atom is -0.385 e. The average Bonchev–Trinajstić information content (AvgIpc) is 2.81. The van der Waals surface area contributed by atoms with E-state index in [0.29, 0.717) is 37.2 Å². The second kappa shape index (κ2) is 9.93. The van der Waals surface area contributed by atoms with E-state index >= 15 is 0 Å². The van der Waals surface area contributed by atoms with E-state index in [1.165, 1.54) is 12.7 Å². The number of piperidine rings is 2. The van der Waals surface area contributed by atoms with Crippen molar-refractivity contribution in [3.8, 4) is 0 Å². The molecule has 9 heteroatoms. The van der Waals surface area contributed by atoms with E-state index in [9.17, 15) is 13.2 Å². The summed E-state index contributed by atoms with van der Waals surface area (Å²) in [5, 5.41) is 0.850. The molecule has 0 spiro atoms. The van der Waals surface area contributed by atoms with Gasteiger partial charge in [-0.05, 0) is 63.6 Å². The van der Waals surface area contributed by atoms with Gasteiger partial charge in [0.25, 0.3) is 0 Å². The fourth-order valence-corrected chi connectivity index (χ4v) is 5.67. The van der Waals surface area contributed by atoms with Crippen LogP contribution in [0.5, 0.6) is 0 Å². The van der Waals surface area contributed by atoms with Gasteiger partial charge in [-0.3, -0.25) is 4.79 Å². The third kappa shape index (κ3) is 5.30. The number of aryl methyl sites for hydroxylation is 1. The molecule has 1 atom stereocenters. The lowest BCUT2D eigenvalue weighted by atomic mass is 9.92. The molecule has 3 heterocycles. The molecule has 2 saturated heterocycles. The molecule has 4 rings (SSSR count). The Hall–Kier alpha value is -2.26. The second-order valence-corrected chi connectivity index (χ2v) is 11.3. The van der Waals surface area contributed by atoms with Crippen LogP contribution in [-0.2, 0) is 19.4 Å². The van der Waals surface area contributed by atoms with Gasteiger partial charge in [-0.2, -0.15) is 0 Å². The topological polar surface area (TPSA) is 92.7 Å². The van der Waals surface area contributed by atoms with E-state index in [2.05, 4.69) is 19.8 Å². The van der Waals surface area contributed by atoms with Crippen molar-refractivity contribution in [2.45, 2.75) is 56.4 Å². The highest BCUT2D eigenvalue weighted by Gasteiger charge is 2.33. The number of nitrogens with zero attached hydrogens (tertiary/aromatic N) is 4. The predicted octanol–water partition coefficient (Wildman–Crippen LogP) is 2.98. The quantitative estimate of drug-likeness (QED) is 0.635. The number of rotatable bonds is 6. The van der Waals surface area contributed by atoms with Gasteiger partial charge < -0.3 is 14.5 Å². The molecule has 2 aromatic rings. The summed E-state index contributed by atoms with van der Waals surface area (Å²) in [6.45, 7) is 4.88. The van der Waals surface area contributed by atoms with Gasteiger partial charge in [0, 0.05) is 57.0 Å². The number of sulfone groups is 1. The predicted molar refractivity (Wildman–Crippen MR) is 128 cm³/mol. The maximum absolute atomic E-state index is 13.3. The highest BCUT2D eigenvalue weighted by atomic mass is 32.2. The maximum atomic E-state index is 13.3. The van der Waals surface area contributed by atoms with Crippen LogP contribution in [0.25, 0.3) is 10.9 Å². The van der Waals surface area contributed by atoms with Gasteiger partial charge in [-0.15, -0.1) is 0 Å². The maximum Gasteiger partial charge on any atom is 0.226 e. The number of methoxy groups -OCH3 is 1. The molecule has 1 aromatic carbocycles. The second-order valence-electron chi connectivity index (χ2n) is 9.28. The lowest BCUT2D eigenvalue weighted by Gasteiger charge is -2.40. The zero-order valence-corrected chi connectivity index (χ0v) is 20.6. The fourth-order valence-electron chi connectivity index (χ4n) is 5.03. The molecule has 2 aliphatic rings. The molecule has 0 radical (unpaired) electrons. The zero-order chi connectivity index (χ0) is 23.6. The van der Waals surface area contributed by atoms with Crippen LogP contribution in [0.1, 0.15) is 44.2 Å². The Morgan fingerprint density at radius 1 is 1.12 bits per heavy atom.